The highest BCUT2D eigenvalue weighted by atomic mass is 35.5. The number of anilines is 1. The molecule has 1 aromatic carbocycles. The maximum Gasteiger partial charge on any atom is 0.261 e. The number of nitrogens with zero attached hydrogens (tertiary/aromatic N) is 1. The van der Waals surface area contributed by atoms with Gasteiger partial charge >= 0.3 is 0 Å². The van der Waals surface area contributed by atoms with Gasteiger partial charge in [0.2, 0.25) is 5.24 Å². The molecular formula is C18H15Cl2NO3. The van der Waals surface area contributed by atoms with Gasteiger partial charge in [0.15, 0.2) is 0 Å². The molecule has 0 bridgehead atoms. The van der Waals surface area contributed by atoms with Crippen LogP contribution in [0.3, 0.4) is 0 Å². The molecule has 24 heavy (non-hydrogen) atoms. The van der Waals surface area contributed by atoms with Crippen molar-refractivity contribution in [1.29, 1.82) is 0 Å². The Bertz CT molecular complexity index is 796. The van der Waals surface area contributed by atoms with E-state index in [9.17, 15) is 14.4 Å². The molecule has 1 aliphatic heterocycles. The summed E-state index contributed by atoms with van der Waals surface area (Å²) in [6.07, 6.45) is 4.70. The van der Waals surface area contributed by atoms with Gasteiger partial charge in [-0.2, -0.15) is 0 Å². The molecule has 1 aromatic rings. The van der Waals surface area contributed by atoms with Crippen LogP contribution >= 0.6 is 23.2 Å². The van der Waals surface area contributed by atoms with Crippen LogP contribution in [0.2, 0.25) is 5.02 Å². The zero-order valence-electron chi connectivity index (χ0n) is 13.1. The molecule has 0 spiro atoms. The van der Waals surface area contributed by atoms with E-state index in [-0.39, 0.29) is 11.8 Å². The summed E-state index contributed by atoms with van der Waals surface area (Å²) in [4.78, 5) is 37.6. The second-order valence-corrected chi connectivity index (χ2v) is 6.67. The van der Waals surface area contributed by atoms with Crippen molar-refractivity contribution in [3.05, 3.63) is 45.5 Å². The zero-order valence-corrected chi connectivity index (χ0v) is 14.6. The summed E-state index contributed by atoms with van der Waals surface area (Å²) in [6.45, 7) is 1.57. The molecule has 0 fully saturated rings. The number of allylic oxidation sites excluding steroid dienone is 1. The van der Waals surface area contributed by atoms with Crippen LogP contribution in [-0.2, 0) is 14.4 Å². The number of amides is 2. The Kier molecular flexibility index (Phi) is 4.61. The molecule has 0 radical (unpaired) electrons. The van der Waals surface area contributed by atoms with Crippen molar-refractivity contribution in [3.8, 4) is 0 Å². The van der Waals surface area contributed by atoms with Gasteiger partial charge in [0, 0.05) is 21.7 Å². The van der Waals surface area contributed by atoms with Gasteiger partial charge in [-0.15, -0.1) is 0 Å². The maximum atomic E-state index is 12.6. The van der Waals surface area contributed by atoms with E-state index < -0.39 is 5.24 Å². The van der Waals surface area contributed by atoms with Gasteiger partial charge in [-0.3, -0.25) is 14.4 Å². The summed E-state index contributed by atoms with van der Waals surface area (Å²) >= 11 is 11.6. The first-order valence-corrected chi connectivity index (χ1v) is 8.44. The van der Waals surface area contributed by atoms with Crippen LogP contribution in [0.25, 0.3) is 6.08 Å². The maximum absolute atomic E-state index is 12.6. The Morgan fingerprint density at radius 2 is 1.71 bits per heavy atom. The predicted molar refractivity (Wildman–Crippen MR) is 94.0 cm³/mol. The van der Waals surface area contributed by atoms with Gasteiger partial charge in [-0.05, 0) is 74.0 Å². The molecule has 0 N–H and O–H groups in total. The van der Waals surface area contributed by atoms with Crippen LogP contribution in [0.4, 0.5) is 5.69 Å². The molecular weight excluding hydrogens is 349 g/mol. The van der Waals surface area contributed by atoms with Crippen molar-refractivity contribution in [3.63, 3.8) is 0 Å². The minimum absolute atomic E-state index is 0.253. The van der Waals surface area contributed by atoms with E-state index in [1.807, 2.05) is 0 Å². The van der Waals surface area contributed by atoms with Crippen LogP contribution < -0.4 is 4.90 Å². The lowest BCUT2D eigenvalue weighted by atomic mass is 9.93. The van der Waals surface area contributed by atoms with E-state index in [1.54, 1.807) is 31.2 Å². The number of benzene rings is 1. The van der Waals surface area contributed by atoms with Crippen LogP contribution in [0.15, 0.2) is 34.9 Å². The lowest BCUT2D eigenvalue weighted by molar-refractivity contribution is -0.120. The van der Waals surface area contributed by atoms with Crippen LogP contribution in [0.1, 0.15) is 38.2 Å². The fraction of sp³-hybridized carbons (Fsp3) is 0.278. The van der Waals surface area contributed by atoms with Crippen molar-refractivity contribution >= 4 is 52.0 Å². The minimum atomic E-state index is -0.582. The summed E-state index contributed by atoms with van der Waals surface area (Å²) in [5.41, 5.74) is 2.57. The highest BCUT2D eigenvalue weighted by Crippen LogP contribution is 2.36. The molecule has 2 aliphatic rings. The van der Waals surface area contributed by atoms with Crippen LogP contribution in [-0.4, -0.2) is 17.1 Å². The molecule has 0 aromatic heterocycles. The van der Waals surface area contributed by atoms with E-state index in [0.717, 1.165) is 12.8 Å². The summed E-state index contributed by atoms with van der Waals surface area (Å²) < 4.78 is 0. The fourth-order valence-electron chi connectivity index (χ4n) is 3.04. The van der Waals surface area contributed by atoms with Gasteiger partial charge in [0.05, 0.1) is 5.69 Å². The largest absolute Gasteiger partial charge is 0.276 e. The molecule has 0 atom stereocenters. The van der Waals surface area contributed by atoms with Gasteiger partial charge in [0.1, 0.15) is 0 Å². The third kappa shape index (κ3) is 2.92. The van der Waals surface area contributed by atoms with Crippen molar-refractivity contribution in [2.45, 2.75) is 32.6 Å². The number of imide groups is 1. The summed E-state index contributed by atoms with van der Waals surface area (Å²) in [5, 5.41) is -0.172. The number of halogens is 2. The van der Waals surface area contributed by atoms with Crippen LogP contribution in [0, 0.1) is 0 Å². The Morgan fingerprint density at radius 1 is 1.12 bits per heavy atom. The third-order valence-corrected chi connectivity index (χ3v) is 4.95. The number of hydrogen-bond acceptors (Lipinski definition) is 3. The topological polar surface area (TPSA) is 54.5 Å². The van der Waals surface area contributed by atoms with Crippen molar-refractivity contribution in [2.75, 3.05) is 4.90 Å². The van der Waals surface area contributed by atoms with E-state index in [1.165, 1.54) is 4.90 Å². The quantitative estimate of drug-likeness (QED) is 0.458. The highest BCUT2D eigenvalue weighted by Gasteiger charge is 2.39. The first-order valence-electron chi connectivity index (χ1n) is 7.68. The Hall–Kier alpha value is -1.91. The van der Waals surface area contributed by atoms with E-state index >= 15 is 0 Å². The molecule has 3 rings (SSSR count). The highest BCUT2D eigenvalue weighted by molar-refractivity contribution is 6.68. The molecule has 0 unspecified atom stereocenters. The van der Waals surface area contributed by atoms with Gasteiger partial charge in [-0.1, -0.05) is 11.6 Å². The predicted octanol–water partition coefficient (Wildman–Crippen LogP) is 4.25. The fourth-order valence-corrected chi connectivity index (χ4v) is 3.27. The third-order valence-electron chi connectivity index (χ3n) is 4.31. The summed E-state index contributed by atoms with van der Waals surface area (Å²) in [5.74, 6) is -0.505. The normalized spacial score (nSPS) is 18.3. The molecule has 1 heterocycles. The molecule has 0 saturated carbocycles. The number of carbonyl (C=O) groups excluding carboxylic acids is 3. The number of rotatable bonds is 3. The second kappa shape index (κ2) is 6.54. The number of hydrogen-bond donors (Lipinski definition) is 0. The smallest absolute Gasteiger partial charge is 0.261 e. The van der Waals surface area contributed by atoms with Crippen molar-refractivity contribution in [1.82, 2.24) is 0 Å². The monoisotopic (exact) mass is 363 g/mol. The molecule has 124 valence electrons. The van der Waals surface area contributed by atoms with E-state index in [4.69, 9.17) is 23.2 Å². The van der Waals surface area contributed by atoms with Crippen molar-refractivity contribution in [2.24, 2.45) is 0 Å². The lowest BCUT2D eigenvalue weighted by Crippen LogP contribution is -2.31. The Labute approximate surface area is 149 Å². The van der Waals surface area contributed by atoms with Gasteiger partial charge < -0.3 is 0 Å². The second-order valence-electron chi connectivity index (χ2n) is 5.92. The average molecular weight is 364 g/mol. The van der Waals surface area contributed by atoms with Gasteiger partial charge in [0.25, 0.3) is 11.8 Å². The standard InChI is InChI=1S/C18H15Cl2NO3/c1-10(16(20)22)8-11-9-12(6-7-15(11)19)21-17(23)13-4-2-3-5-14(13)18(21)24/h6-9H,2-5H2,1H3. The van der Waals surface area contributed by atoms with E-state index in [2.05, 4.69) is 0 Å². The van der Waals surface area contributed by atoms with Gasteiger partial charge in [-0.25, -0.2) is 4.90 Å². The lowest BCUT2D eigenvalue weighted by Gasteiger charge is -2.16. The van der Waals surface area contributed by atoms with Crippen LogP contribution in [0.5, 0.6) is 0 Å². The Morgan fingerprint density at radius 3 is 2.25 bits per heavy atom. The summed E-state index contributed by atoms with van der Waals surface area (Å²) in [7, 11) is 0. The van der Waals surface area contributed by atoms with Crippen molar-refractivity contribution < 1.29 is 14.4 Å². The minimum Gasteiger partial charge on any atom is -0.276 e. The Balaban J connectivity index is 2.00. The SMILES string of the molecule is CC(=Cc1cc(N2C(=O)C3=C(CCCC3)C2=O)ccc1Cl)C(=O)Cl. The molecule has 0 saturated heterocycles. The molecule has 2 amide bonds. The molecule has 4 nitrogen and oxygen atoms in total. The summed E-state index contributed by atoms with van der Waals surface area (Å²) in [6, 6.07) is 4.86. The van der Waals surface area contributed by atoms with E-state index in [0.29, 0.717) is 45.8 Å². The zero-order chi connectivity index (χ0) is 17.4. The number of carbonyl (C=O) groups is 3. The first-order chi connectivity index (χ1) is 11.4. The first kappa shape index (κ1) is 16.9. The average Bonchev–Trinajstić information content (AvgIpc) is 2.81. The molecule has 6 heteroatoms. The molecule has 1 aliphatic carbocycles.